The van der Waals surface area contributed by atoms with Gasteiger partial charge in [0.2, 0.25) is 0 Å². The van der Waals surface area contributed by atoms with Crippen LogP contribution in [0.1, 0.15) is 11.4 Å². The molecule has 0 atom stereocenters. The van der Waals surface area contributed by atoms with Gasteiger partial charge in [0.15, 0.2) is 5.82 Å². The van der Waals surface area contributed by atoms with Crippen molar-refractivity contribution in [2.75, 3.05) is 10.7 Å². The lowest BCUT2D eigenvalue weighted by Crippen LogP contribution is -2.37. The van der Waals surface area contributed by atoms with Gasteiger partial charge in [-0.25, -0.2) is 15.2 Å². The summed E-state index contributed by atoms with van der Waals surface area (Å²) in [6.45, 7) is 0. The first-order valence-corrected chi connectivity index (χ1v) is 10.5. The Labute approximate surface area is 198 Å². The van der Waals surface area contributed by atoms with Gasteiger partial charge in [0, 0.05) is 10.7 Å². The molecule has 0 saturated carbocycles. The van der Waals surface area contributed by atoms with E-state index in [9.17, 15) is 9.59 Å². The van der Waals surface area contributed by atoms with Crippen LogP contribution in [-0.2, 0) is 0 Å². The molecular weight excluding hydrogens is 471 g/mol. The molecule has 1 heterocycles. The summed E-state index contributed by atoms with van der Waals surface area (Å²) in [6.07, 6.45) is 3.32. The SMILES string of the molecule is O=C(Nc1ccc(Cl)cc1)Nn1c(/C=C/c2ccc(Cl)c(Cl)c2)nc2ccccc2c1=O. The highest BCUT2D eigenvalue weighted by atomic mass is 35.5. The second-order valence-corrected chi connectivity index (χ2v) is 7.96. The zero-order valence-electron chi connectivity index (χ0n) is 16.4. The number of rotatable bonds is 4. The van der Waals surface area contributed by atoms with Gasteiger partial charge in [-0.1, -0.05) is 59.1 Å². The van der Waals surface area contributed by atoms with Crippen LogP contribution in [0, 0.1) is 0 Å². The van der Waals surface area contributed by atoms with Crippen molar-refractivity contribution >= 4 is 69.6 Å². The number of hydrogen-bond donors (Lipinski definition) is 2. The minimum Gasteiger partial charge on any atom is -0.307 e. The number of hydrogen-bond acceptors (Lipinski definition) is 3. The number of benzene rings is 3. The third-order valence-corrected chi connectivity index (χ3v) is 5.48. The Morgan fingerprint density at radius 2 is 1.66 bits per heavy atom. The summed E-state index contributed by atoms with van der Waals surface area (Å²) in [7, 11) is 0. The molecule has 3 aromatic carbocycles. The van der Waals surface area contributed by atoms with Crippen molar-refractivity contribution in [3.05, 3.63) is 104 Å². The number of amides is 2. The second kappa shape index (κ2) is 9.44. The Hall–Kier alpha value is -3.32. The van der Waals surface area contributed by atoms with Gasteiger partial charge in [-0.15, -0.1) is 0 Å². The lowest BCUT2D eigenvalue weighted by molar-refractivity contribution is 0.259. The number of anilines is 1. The number of fused-ring (bicyclic) bond motifs is 1. The summed E-state index contributed by atoms with van der Waals surface area (Å²) >= 11 is 17.9. The van der Waals surface area contributed by atoms with Crippen LogP contribution in [0.3, 0.4) is 0 Å². The third kappa shape index (κ3) is 4.94. The molecule has 2 N–H and O–H groups in total. The van der Waals surface area contributed by atoms with Gasteiger partial charge in [-0.05, 0) is 60.2 Å². The van der Waals surface area contributed by atoms with E-state index in [4.69, 9.17) is 34.8 Å². The third-order valence-electron chi connectivity index (χ3n) is 4.49. The van der Waals surface area contributed by atoms with Crippen molar-refractivity contribution in [1.29, 1.82) is 0 Å². The minimum absolute atomic E-state index is 0.228. The number of para-hydroxylation sites is 1. The summed E-state index contributed by atoms with van der Waals surface area (Å²) in [4.78, 5) is 30.2. The molecule has 9 heteroatoms. The van der Waals surface area contributed by atoms with Crippen LogP contribution < -0.4 is 16.3 Å². The van der Waals surface area contributed by atoms with Crippen molar-refractivity contribution < 1.29 is 4.79 Å². The molecule has 160 valence electrons. The molecule has 1 aromatic heterocycles. The summed E-state index contributed by atoms with van der Waals surface area (Å²) in [6, 6.07) is 18.0. The van der Waals surface area contributed by atoms with Crippen LogP contribution in [0.15, 0.2) is 71.5 Å². The highest BCUT2D eigenvalue weighted by Gasteiger charge is 2.12. The fourth-order valence-electron chi connectivity index (χ4n) is 2.95. The summed E-state index contributed by atoms with van der Waals surface area (Å²) in [5, 5.41) is 4.40. The van der Waals surface area contributed by atoms with Crippen LogP contribution in [0.4, 0.5) is 10.5 Å². The molecule has 0 saturated heterocycles. The predicted molar refractivity (Wildman–Crippen MR) is 131 cm³/mol. The molecule has 0 aliphatic rings. The number of nitrogens with zero attached hydrogens (tertiary/aromatic N) is 2. The first kappa shape index (κ1) is 21.9. The normalized spacial score (nSPS) is 11.1. The van der Waals surface area contributed by atoms with Gasteiger partial charge in [0.25, 0.3) is 5.56 Å². The fraction of sp³-hybridized carbons (Fsp3) is 0. The number of halogens is 3. The van der Waals surface area contributed by atoms with E-state index < -0.39 is 11.6 Å². The van der Waals surface area contributed by atoms with Crippen molar-refractivity contribution in [1.82, 2.24) is 9.66 Å². The molecule has 0 unspecified atom stereocenters. The molecule has 0 bridgehead atoms. The number of carbonyl (C=O) groups excluding carboxylic acids is 1. The molecule has 32 heavy (non-hydrogen) atoms. The molecule has 0 fully saturated rings. The summed E-state index contributed by atoms with van der Waals surface area (Å²) < 4.78 is 1.08. The Balaban J connectivity index is 1.70. The maximum atomic E-state index is 13.1. The van der Waals surface area contributed by atoms with Gasteiger partial charge >= 0.3 is 6.03 Å². The lowest BCUT2D eigenvalue weighted by atomic mass is 10.2. The zero-order chi connectivity index (χ0) is 22.7. The van der Waals surface area contributed by atoms with Crippen LogP contribution in [0.5, 0.6) is 0 Å². The van der Waals surface area contributed by atoms with Gasteiger partial charge in [0.05, 0.1) is 20.9 Å². The standard InChI is InChI=1S/C23H15Cl3N4O2/c24-15-7-9-16(10-8-15)27-23(32)29-30-21(12-6-14-5-11-18(25)19(26)13-14)28-20-4-2-1-3-17(20)22(30)31/h1-13H,(H2,27,29,32)/b12-6+. The number of aromatic nitrogens is 2. The van der Waals surface area contributed by atoms with E-state index in [0.717, 1.165) is 10.2 Å². The van der Waals surface area contributed by atoms with Crippen LogP contribution in [0.25, 0.3) is 23.1 Å². The summed E-state index contributed by atoms with van der Waals surface area (Å²) in [5.74, 6) is 0.228. The van der Waals surface area contributed by atoms with Gasteiger partial charge < -0.3 is 5.32 Å². The molecule has 0 aliphatic heterocycles. The van der Waals surface area contributed by atoms with Crippen LogP contribution >= 0.6 is 34.8 Å². The predicted octanol–water partition coefficient (Wildman–Crippen LogP) is 6.30. The highest BCUT2D eigenvalue weighted by molar-refractivity contribution is 6.42. The van der Waals surface area contributed by atoms with Crippen molar-refractivity contribution in [3.8, 4) is 0 Å². The first-order valence-electron chi connectivity index (χ1n) is 9.39. The Kier molecular flexibility index (Phi) is 6.46. The van der Waals surface area contributed by atoms with Crippen LogP contribution in [-0.4, -0.2) is 15.7 Å². The monoisotopic (exact) mass is 484 g/mol. The average Bonchev–Trinajstić information content (AvgIpc) is 2.78. The minimum atomic E-state index is -0.615. The van der Waals surface area contributed by atoms with E-state index in [0.29, 0.717) is 31.7 Å². The maximum absolute atomic E-state index is 13.1. The first-order chi connectivity index (χ1) is 15.4. The topological polar surface area (TPSA) is 76.0 Å². The second-order valence-electron chi connectivity index (χ2n) is 6.71. The van der Waals surface area contributed by atoms with Crippen molar-refractivity contribution in [2.24, 2.45) is 0 Å². The van der Waals surface area contributed by atoms with E-state index >= 15 is 0 Å². The molecule has 4 rings (SSSR count). The van der Waals surface area contributed by atoms with E-state index in [1.165, 1.54) is 0 Å². The highest BCUT2D eigenvalue weighted by Crippen LogP contribution is 2.23. The summed E-state index contributed by atoms with van der Waals surface area (Å²) in [5.41, 5.74) is 3.90. The van der Waals surface area contributed by atoms with Crippen molar-refractivity contribution in [3.63, 3.8) is 0 Å². The number of urea groups is 1. The molecule has 0 aliphatic carbocycles. The van der Waals surface area contributed by atoms with Gasteiger partial charge in [-0.3, -0.25) is 4.79 Å². The largest absolute Gasteiger partial charge is 0.338 e. The Bertz CT molecular complexity index is 1400. The number of nitrogens with one attached hydrogen (secondary N) is 2. The Morgan fingerprint density at radius 1 is 0.906 bits per heavy atom. The maximum Gasteiger partial charge on any atom is 0.338 e. The van der Waals surface area contributed by atoms with E-state index in [1.807, 2.05) is 0 Å². The van der Waals surface area contributed by atoms with Crippen LogP contribution in [0.2, 0.25) is 15.1 Å². The smallest absolute Gasteiger partial charge is 0.307 e. The van der Waals surface area contributed by atoms with Crippen molar-refractivity contribution in [2.45, 2.75) is 0 Å². The lowest BCUT2D eigenvalue weighted by Gasteiger charge is -2.13. The quantitative estimate of drug-likeness (QED) is 0.356. The Morgan fingerprint density at radius 3 is 2.41 bits per heavy atom. The van der Waals surface area contributed by atoms with Gasteiger partial charge in [-0.2, -0.15) is 4.68 Å². The van der Waals surface area contributed by atoms with Gasteiger partial charge in [0.1, 0.15) is 0 Å². The van der Waals surface area contributed by atoms with E-state index in [-0.39, 0.29) is 5.82 Å². The molecule has 2 amide bonds. The molecule has 4 aromatic rings. The molecule has 0 spiro atoms. The average molecular weight is 486 g/mol. The zero-order valence-corrected chi connectivity index (χ0v) is 18.6. The fourth-order valence-corrected chi connectivity index (χ4v) is 3.38. The molecule has 0 radical (unpaired) electrons. The van der Waals surface area contributed by atoms with E-state index in [2.05, 4.69) is 15.7 Å². The number of carbonyl (C=O) groups is 1. The van der Waals surface area contributed by atoms with E-state index in [1.54, 1.807) is 78.9 Å². The molecule has 6 nitrogen and oxygen atoms in total. The molecular formula is C23H15Cl3N4O2.